The third-order valence-corrected chi connectivity index (χ3v) is 3.96. The molecule has 0 saturated carbocycles. The van der Waals surface area contributed by atoms with Crippen LogP contribution in [0.1, 0.15) is 11.0 Å². The van der Waals surface area contributed by atoms with Crippen molar-refractivity contribution < 1.29 is 14.6 Å². The van der Waals surface area contributed by atoms with E-state index in [0.29, 0.717) is 24.1 Å². The highest BCUT2D eigenvalue weighted by Crippen LogP contribution is 2.26. The molecule has 0 aromatic carbocycles. The Morgan fingerprint density at radius 2 is 2.56 bits per heavy atom. The number of halogens is 1. The maximum atomic E-state index is 11.8. The third kappa shape index (κ3) is 3.66. The van der Waals surface area contributed by atoms with E-state index in [-0.39, 0.29) is 18.5 Å². The molecular weight excluding hydrogens is 276 g/mol. The molecular formula is C11H15ClN2O3S. The van der Waals surface area contributed by atoms with Gasteiger partial charge in [0.2, 0.25) is 5.91 Å². The van der Waals surface area contributed by atoms with Crippen molar-refractivity contribution in [3.63, 3.8) is 0 Å². The fraction of sp³-hybridized carbons (Fsp3) is 0.545. The highest BCUT2D eigenvalue weighted by molar-refractivity contribution is 7.16. The van der Waals surface area contributed by atoms with Crippen LogP contribution < -0.4 is 10.6 Å². The van der Waals surface area contributed by atoms with Gasteiger partial charge in [0.05, 0.1) is 17.6 Å². The molecule has 1 saturated heterocycles. The Bertz CT molecular complexity index is 407. The van der Waals surface area contributed by atoms with Gasteiger partial charge in [-0.05, 0) is 12.1 Å². The topological polar surface area (TPSA) is 70.6 Å². The van der Waals surface area contributed by atoms with E-state index in [2.05, 4.69) is 10.6 Å². The molecule has 0 bridgehead atoms. The van der Waals surface area contributed by atoms with Crippen LogP contribution in [0.5, 0.6) is 0 Å². The van der Waals surface area contributed by atoms with Crippen molar-refractivity contribution >= 4 is 28.8 Å². The molecule has 1 aromatic rings. The highest BCUT2D eigenvalue weighted by atomic mass is 35.5. The summed E-state index contributed by atoms with van der Waals surface area (Å²) in [5, 5.41) is 15.6. The molecule has 2 heterocycles. The number of aliphatic hydroxyl groups excluding tert-OH is 1. The van der Waals surface area contributed by atoms with Gasteiger partial charge >= 0.3 is 0 Å². The molecule has 1 amide bonds. The van der Waals surface area contributed by atoms with E-state index < -0.39 is 6.10 Å². The molecule has 0 radical (unpaired) electrons. The van der Waals surface area contributed by atoms with Crippen molar-refractivity contribution in [3.8, 4) is 0 Å². The molecule has 1 fully saturated rings. The lowest BCUT2D eigenvalue weighted by Crippen LogP contribution is -2.51. The summed E-state index contributed by atoms with van der Waals surface area (Å²) in [6, 6.07) is 3.15. The summed E-state index contributed by atoms with van der Waals surface area (Å²) in [4.78, 5) is 12.5. The van der Waals surface area contributed by atoms with Crippen LogP contribution in [-0.2, 0) is 9.53 Å². The number of ether oxygens (including phenoxy) is 1. The first-order valence-electron chi connectivity index (χ1n) is 5.69. The molecule has 1 aliphatic rings. The van der Waals surface area contributed by atoms with Gasteiger partial charge in [0.1, 0.15) is 12.1 Å². The van der Waals surface area contributed by atoms with Gasteiger partial charge in [-0.3, -0.25) is 4.79 Å². The van der Waals surface area contributed by atoms with E-state index in [9.17, 15) is 9.90 Å². The Balaban J connectivity index is 1.78. The maximum Gasteiger partial charge on any atom is 0.239 e. The lowest BCUT2D eigenvalue weighted by Gasteiger charge is -2.23. The predicted octanol–water partition coefficient (Wildman–Crippen LogP) is 0.539. The first-order chi connectivity index (χ1) is 8.66. The number of amides is 1. The Hall–Kier alpha value is -0.660. The van der Waals surface area contributed by atoms with Crippen LogP contribution in [-0.4, -0.2) is 43.4 Å². The number of hydrogen-bond donors (Lipinski definition) is 3. The lowest BCUT2D eigenvalue weighted by atomic mass is 10.2. The predicted molar refractivity (Wildman–Crippen MR) is 69.9 cm³/mol. The number of morpholine rings is 1. The Morgan fingerprint density at radius 1 is 1.72 bits per heavy atom. The number of rotatable bonds is 4. The van der Waals surface area contributed by atoms with Crippen LogP contribution in [0.15, 0.2) is 12.1 Å². The zero-order valence-corrected chi connectivity index (χ0v) is 11.3. The SMILES string of the molecule is O=C(NCC(O)c1ccc(Cl)s1)C1COCCN1. The van der Waals surface area contributed by atoms with Crippen LogP contribution in [0.4, 0.5) is 0 Å². The molecule has 0 spiro atoms. The summed E-state index contributed by atoms with van der Waals surface area (Å²) in [6.45, 7) is 1.84. The average molecular weight is 291 g/mol. The van der Waals surface area contributed by atoms with Gasteiger partial charge in [0.15, 0.2) is 0 Å². The summed E-state index contributed by atoms with van der Waals surface area (Å²) in [7, 11) is 0. The summed E-state index contributed by atoms with van der Waals surface area (Å²) in [6.07, 6.45) is -0.726. The molecule has 18 heavy (non-hydrogen) atoms. The van der Waals surface area contributed by atoms with Crippen molar-refractivity contribution in [3.05, 3.63) is 21.3 Å². The summed E-state index contributed by atoms with van der Waals surface area (Å²) in [5.74, 6) is -0.156. The Morgan fingerprint density at radius 3 is 3.17 bits per heavy atom. The van der Waals surface area contributed by atoms with Crippen LogP contribution >= 0.6 is 22.9 Å². The minimum Gasteiger partial charge on any atom is -0.386 e. The number of carbonyl (C=O) groups is 1. The largest absolute Gasteiger partial charge is 0.386 e. The fourth-order valence-corrected chi connectivity index (χ4v) is 2.71. The molecule has 2 unspecified atom stereocenters. The first kappa shape index (κ1) is 13.8. The van der Waals surface area contributed by atoms with Gasteiger partial charge in [-0.2, -0.15) is 0 Å². The Labute approximate surface area is 114 Å². The molecule has 5 nitrogen and oxygen atoms in total. The summed E-state index contributed by atoms with van der Waals surface area (Å²) < 4.78 is 5.82. The average Bonchev–Trinajstić information content (AvgIpc) is 2.83. The van der Waals surface area contributed by atoms with Crippen molar-refractivity contribution in [1.82, 2.24) is 10.6 Å². The van der Waals surface area contributed by atoms with Gasteiger partial charge in [-0.15, -0.1) is 11.3 Å². The molecule has 2 rings (SSSR count). The number of nitrogens with one attached hydrogen (secondary N) is 2. The number of thiophene rings is 1. The smallest absolute Gasteiger partial charge is 0.239 e. The number of aliphatic hydroxyl groups is 1. The first-order valence-corrected chi connectivity index (χ1v) is 6.88. The lowest BCUT2D eigenvalue weighted by molar-refractivity contribution is -0.126. The van der Waals surface area contributed by atoms with Crippen LogP contribution in [0.25, 0.3) is 0 Å². The van der Waals surface area contributed by atoms with Gasteiger partial charge in [-0.25, -0.2) is 0 Å². The minimum atomic E-state index is -0.726. The normalized spacial score (nSPS) is 21.6. The molecule has 1 aromatic heterocycles. The van der Waals surface area contributed by atoms with Gasteiger partial charge in [0, 0.05) is 18.0 Å². The van der Waals surface area contributed by atoms with E-state index in [1.165, 1.54) is 11.3 Å². The number of hydrogen-bond acceptors (Lipinski definition) is 5. The molecule has 100 valence electrons. The van der Waals surface area contributed by atoms with Crippen molar-refractivity contribution in [2.45, 2.75) is 12.1 Å². The van der Waals surface area contributed by atoms with E-state index >= 15 is 0 Å². The summed E-state index contributed by atoms with van der Waals surface area (Å²) in [5.41, 5.74) is 0. The standard InChI is InChI=1S/C11H15ClN2O3S/c12-10-2-1-9(18-10)8(15)5-14-11(16)7-6-17-4-3-13-7/h1-2,7-8,13,15H,3-6H2,(H,14,16). The zero-order chi connectivity index (χ0) is 13.0. The van der Waals surface area contributed by atoms with Crippen molar-refractivity contribution in [2.24, 2.45) is 0 Å². The zero-order valence-electron chi connectivity index (χ0n) is 9.69. The van der Waals surface area contributed by atoms with Crippen LogP contribution in [0.3, 0.4) is 0 Å². The third-order valence-electron chi connectivity index (χ3n) is 2.63. The highest BCUT2D eigenvalue weighted by Gasteiger charge is 2.21. The second-order valence-electron chi connectivity index (χ2n) is 3.98. The number of carbonyl (C=O) groups excluding carboxylic acids is 1. The van der Waals surface area contributed by atoms with Crippen LogP contribution in [0, 0.1) is 0 Å². The molecule has 1 aliphatic heterocycles. The quantitative estimate of drug-likeness (QED) is 0.757. The van der Waals surface area contributed by atoms with Gasteiger partial charge in [0.25, 0.3) is 0 Å². The van der Waals surface area contributed by atoms with Crippen molar-refractivity contribution in [1.29, 1.82) is 0 Å². The van der Waals surface area contributed by atoms with Crippen LogP contribution in [0.2, 0.25) is 4.34 Å². The summed E-state index contributed by atoms with van der Waals surface area (Å²) >= 11 is 7.09. The van der Waals surface area contributed by atoms with E-state index in [0.717, 1.165) is 4.88 Å². The fourth-order valence-electron chi connectivity index (χ4n) is 1.66. The second kappa shape index (κ2) is 6.49. The monoisotopic (exact) mass is 290 g/mol. The molecule has 0 aliphatic carbocycles. The van der Waals surface area contributed by atoms with Gasteiger partial charge < -0.3 is 20.5 Å². The molecule has 3 N–H and O–H groups in total. The van der Waals surface area contributed by atoms with E-state index in [1.54, 1.807) is 12.1 Å². The minimum absolute atomic E-state index is 0.156. The molecule has 2 atom stereocenters. The van der Waals surface area contributed by atoms with E-state index in [4.69, 9.17) is 16.3 Å². The molecule has 7 heteroatoms. The van der Waals surface area contributed by atoms with E-state index in [1.807, 2.05) is 0 Å². The maximum absolute atomic E-state index is 11.8. The van der Waals surface area contributed by atoms with Gasteiger partial charge in [-0.1, -0.05) is 11.6 Å². The van der Waals surface area contributed by atoms with Crippen molar-refractivity contribution in [2.75, 3.05) is 26.3 Å². The second-order valence-corrected chi connectivity index (χ2v) is 5.73. The Kier molecular flexibility index (Phi) is 4.96.